The molecular formula is C18H27N5O3S. The van der Waals surface area contributed by atoms with Crippen molar-refractivity contribution in [3.63, 3.8) is 0 Å². The summed E-state index contributed by atoms with van der Waals surface area (Å²) < 4.78 is 5.43. The minimum absolute atomic E-state index is 0.0676. The highest BCUT2D eigenvalue weighted by molar-refractivity contribution is 7.12. The van der Waals surface area contributed by atoms with E-state index in [0.717, 1.165) is 13.1 Å². The van der Waals surface area contributed by atoms with E-state index in [1.165, 1.54) is 17.6 Å². The van der Waals surface area contributed by atoms with Crippen LogP contribution in [0.3, 0.4) is 0 Å². The normalized spacial score (nSPS) is 11.2. The van der Waals surface area contributed by atoms with Crippen molar-refractivity contribution in [3.8, 4) is 0 Å². The Labute approximate surface area is 163 Å². The van der Waals surface area contributed by atoms with Gasteiger partial charge < -0.3 is 24.4 Å². The fourth-order valence-electron chi connectivity index (χ4n) is 2.26. The number of nitrogens with zero attached hydrogens (tertiary/aromatic N) is 4. The van der Waals surface area contributed by atoms with Gasteiger partial charge in [-0.05, 0) is 39.6 Å². The fourth-order valence-corrected chi connectivity index (χ4v) is 2.95. The third-order valence-electron chi connectivity index (χ3n) is 3.79. The average molecular weight is 394 g/mol. The summed E-state index contributed by atoms with van der Waals surface area (Å²) in [6.45, 7) is 2.74. The summed E-state index contributed by atoms with van der Waals surface area (Å²) in [5.74, 6) is -0.00488. The van der Waals surface area contributed by atoms with Crippen LogP contribution in [0.5, 0.6) is 0 Å². The molecule has 148 valence electrons. The molecule has 0 aliphatic rings. The third-order valence-corrected chi connectivity index (χ3v) is 4.65. The van der Waals surface area contributed by atoms with Gasteiger partial charge in [-0.2, -0.15) is 0 Å². The Morgan fingerprint density at radius 2 is 1.89 bits per heavy atom. The van der Waals surface area contributed by atoms with Crippen LogP contribution < -0.4 is 5.32 Å². The zero-order chi connectivity index (χ0) is 19.8. The van der Waals surface area contributed by atoms with Crippen LogP contribution in [0.4, 0.5) is 0 Å². The number of hydrogen-bond donors (Lipinski definition) is 1. The third kappa shape index (κ3) is 6.78. The van der Waals surface area contributed by atoms with E-state index in [-0.39, 0.29) is 24.1 Å². The quantitative estimate of drug-likeness (QED) is 0.654. The van der Waals surface area contributed by atoms with E-state index in [1.807, 2.05) is 49.4 Å². The lowest BCUT2D eigenvalue weighted by atomic mass is 10.3. The maximum atomic E-state index is 12.7. The summed E-state index contributed by atoms with van der Waals surface area (Å²) in [7, 11) is 7.78. The number of amides is 2. The van der Waals surface area contributed by atoms with Crippen molar-refractivity contribution in [1.82, 2.24) is 25.0 Å². The Morgan fingerprint density at radius 1 is 1.15 bits per heavy atom. The molecule has 2 aromatic heterocycles. The van der Waals surface area contributed by atoms with Gasteiger partial charge in [0.2, 0.25) is 5.89 Å². The Kier molecular flexibility index (Phi) is 7.96. The second kappa shape index (κ2) is 10.2. The number of carbonyl (C=O) groups excluding carboxylic acids is 2. The van der Waals surface area contributed by atoms with Gasteiger partial charge in [-0.15, -0.1) is 11.3 Å². The number of thiophene rings is 1. The lowest BCUT2D eigenvalue weighted by Crippen LogP contribution is -2.36. The van der Waals surface area contributed by atoms with Crippen LogP contribution in [0.15, 0.2) is 28.2 Å². The van der Waals surface area contributed by atoms with Gasteiger partial charge >= 0.3 is 0 Å². The molecule has 1 N–H and O–H groups in total. The lowest BCUT2D eigenvalue weighted by Gasteiger charge is -2.22. The predicted molar refractivity (Wildman–Crippen MR) is 105 cm³/mol. The molecule has 0 unspecified atom stereocenters. The monoisotopic (exact) mass is 393 g/mol. The summed E-state index contributed by atoms with van der Waals surface area (Å²) in [4.78, 5) is 35.4. The molecule has 0 radical (unpaired) electrons. The minimum atomic E-state index is -0.281. The van der Waals surface area contributed by atoms with Crippen LogP contribution in [0.25, 0.3) is 0 Å². The molecule has 9 heteroatoms. The van der Waals surface area contributed by atoms with Crippen molar-refractivity contribution in [2.75, 3.05) is 54.4 Å². The van der Waals surface area contributed by atoms with Crippen LogP contribution >= 0.6 is 11.3 Å². The van der Waals surface area contributed by atoms with Gasteiger partial charge in [-0.1, -0.05) is 6.07 Å². The molecule has 0 aliphatic carbocycles. The first-order chi connectivity index (χ1) is 12.9. The molecule has 2 heterocycles. The largest absolute Gasteiger partial charge is 0.446 e. The van der Waals surface area contributed by atoms with E-state index in [0.29, 0.717) is 23.9 Å². The smallest absolute Gasteiger partial charge is 0.273 e. The number of likely N-dealkylation sites (N-methyl/N-ethyl adjacent to an activating group) is 2. The molecule has 0 saturated heterocycles. The van der Waals surface area contributed by atoms with Gasteiger partial charge in [0.1, 0.15) is 6.26 Å². The molecule has 8 nitrogen and oxygen atoms in total. The highest BCUT2D eigenvalue weighted by Gasteiger charge is 2.20. The standard InChI is InChI=1S/C18H27N5O3S/c1-21(2)8-7-19-17(24)14-13-26-16(20-14)12-23(10-9-22(3)4)18(25)15-6-5-11-27-15/h5-6,11,13H,7-10,12H2,1-4H3,(H,19,24). The number of rotatable bonds is 10. The van der Waals surface area contributed by atoms with Crippen molar-refractivity contribution in [1.29, 1.82) is 0 Å². The van der Waals surface area contributed by atoms with Crippen molar-refractivity contribution in [2.24, 2.45) is 0 Å². The van der Waals surface area contributed by atoms with Crippen molar-refractivity contribution in [3.05, 3.63) is 40.2 Å². The predicted octanol–water partition coefficient (Wildman–Crippen LogP) is 1.23. The van der Waals surface area contributed by atoms with E-state index >= 15 is 0 Å². The van der Waals surface area contributed by atoms with Gasteiger partial charge in [0.05, 0.1) is 11.4 Å². The van der Waals surface area contributed by atoms with Crippen LogP contribution in [0.2, 0.25) is 0 Å². The zero-order valence-electron chi connectivity index (χ0n) is 16.3. The Morgan fingerprint density at radius 3 is 2.52 bits per heavy atom. The summed E-state index contributed by atoms with van der Waals surface area (Å²) in [6.07, 6.45) is 1.33. The first-order valence-corrected chi connectivity index (χ1v) is 9.59. The molecule has 0 aromatic carbocycles. The average Bonchev–Trinajstić information content (AvgIpc) is 3.29. The topological polar surface area (TPSA) is 81.9 Å². The van der Waals surface area contributed by atoms with Gasteiger partial charge in [0.15, 0.2) is 5.69 Å². The maximum Gasteiger partial charge on any atom is 0.273 e. The van der Waals surface area contributed by atoms with Crippen molar-refractivity contribution in [2.45, 2.75) is 6.54 Å². The Hall–Kier alpha value is -2.23. The summed E-state index contributed by atoms with van der Waals surface area (Å²) in [5, 5.41) is 4.67. The van der Waals surface area contributed by atoms with E-state index in [9.17, 15) is 9.59 Å². The van der Waals surface area contributed by atoms with Crippen molar-refractivity contribution >= 4 is 23.2 Å². The lowest BCUT2D eigenvalue weighted by molar-refractivity contribution is 0.0721. The summed E-state index contributed by atoms with van der Waals surface area (Å²) >= 11 is 1.40. The van der Waals surface area contributed by atoms with Gasteiger partial charge in [-0.3, -0.25) is 9.59 Å². The first-order valence-electron chi connectivity index (χ1n) is 8.71. The molecule has 0 spiro atoms. The van der Waals surface area contributed by atoms with Crippen LogP contribution in [-0.2, 0) is 6.54 Å². The van der Waals surface area contributed by atoms with E-state index in [2.05, 4.69) is 10.3 Å². The van der Waals surface area contributed by atoms with Crippen LogP contribution in [0, 0.1) is 0 Å². The van der Waals surface area contributed by atoms with Crippen molar-refractivity contribution < 1.29 is 14.0 Å². The summed E-state index contributed by atoms with van der Waals surface area (Å²) in [6, 6.07) is 3.65. The number of hydrogen-bond acceptors (Lipinski definition) is 7. The number of oxazole rings is 1. The molecule has 0 aliphatic heterocycles. The maximum absolute atomic E-state index is 12.7. The molecule has 0 atom stereocenters. The van der Waals surface area contributed by atoms with Crippen LogP contribution in [-0.4, -0.2) is 85.9 Å². The van der Waals surface area contributed by atoms with E-state index in [1.54, 1.807) is 11.0 Å². The highest BCUT2D eigenvalue weighted by Crippen LogP contribution is 2.14. The second-order valence-electron chi connectivity index (χ2n) is 6.69. The van der Waals surface area contributed by atoms with Gasteiger partial charge in [0, 0.05) is 26.2 Å². The highest BCUT2D eigenvalue weighted by atomic mass is 32.1. The van der Waals surface area contributed by atoms with Crippen LogP contribution in [0.1, 0.15) is 26.1 Å². The minimum Gasteiger partial charge on any atom is -0.446 e. The molecule has 2 aromatic rings. The molecular weight excluding hydrogens is 366 g/mol. The molecule has 2 amide bonds. The molecule has 0 saturated carbocycles. The molecule has 0 fully saturated rings. The first kappa shape index (κ1) is 21.1. The number of carbonyl (C=O) groups is 2. The molecule has 27 heavy (non-hydrogen) atoms. The summed E-state index contributed by atoms with van der Waals surface area (Å²) in [5.41, 5.74) is 0.222. The molecule has 0 bridgehead atoms. The van der Waals surface area contributed by atoms with E-state index in [4.69, 9.17) is 4.42 Å². The Bertz CT molecular complexity index is 727. The van der Waals surface area contributed by atoms with Gasteiger partial charge in [0.25, 0.3) is 11.8 Å². The fraction of sp³-hybridized carbons (Fsp3) is 0.500. The SMILES string of the molecule is CN(C)CCNC(=O)c1coc(CN(CCN(C)C)C(=O)c2cccs2)n1. The van der Waals surface area contributed by atoms with E-state index < -0.39 is 0 Å². The second-order valence-corrected chi connectivity index (χ2v) is 7.64. The van der Waals surface area contributed by atoms with Gasteiger partial charge in [-0.25, -0.2) is 4.98 Å². The molecule has 2 rings (SSSR count). The number of nitrogens with one attached hydrogen (secondary N) is 1. The Balaban J connectivity index is 2.01. The zero-order valence-corrected chi connectivity index (χ0v) is 17.1. The number of aromatic nitrogens is 1.